The van der Waals surface area contributed by atoms with Crippen LogP contribution in [0.2, 0.25) is 0 Å². The highest BCUT2D eigenvalue weighted by molar-refractivity contribution is 7.47. The number of carbonyl (C=O) groups excluding carboxylic acids is 2. The van der Waals surface area contributed by atoms with Gasteiger partial charge in [0.25, 0.3) is 0 Å². The molecule has 0 bridgehead atoms. The van der Waals surface area contributed by atoms with E-state index in [4.69, 9.17) is 18.5 Å². The first-order chi connectivity index (χ1) is 36.0. The normalized spacial score (nSPS) is 14.0. The van der Waals surface area contributed by atoms with E-state index in [-0.39, 0.29) is 32.0 Å². The Bertz CT molecular complexity index is 1570. The third-order valence-corrected chi connectivity index (χ3v) is 13.6. The molecule has 0 rings (SSSR count). The van der Waals surface area contributed by atoms with Crippen LogP contribution in [0.15, 0.2) is 97.2 Å². The lowest BCUT2D eigenvalue weighted by Crippen LogP contribution is -2.37. The molecule has 0 heterocycles. The maximum absolute atomic E-state index is 12.8. The molecule has 1 N–H and O–H groups in total. The van der Waals surface area contributed by atoms with Crippen LogP contribution >= 0.6 is 7.82 Å². The zero-order chi connectivity index (χ0) is 54.2. The number of hydrogen-bond acceptors (Lipinski definition) is 7. The highest BCUT2D eigenvalue weighted by atomic mass is 31.2. The van der Waals surface area contributed by atoms with E-state index in [0.717, 1.165) is 103 Å². The zero-order valence-electron chi connectivity index (χ0n) is 48.3. The van der Waals surface area contributed by atoms with E-state index in [2.05, 4.69) is 111 Å². The van der Waals surface area contributed by atoms with Gasteiger partial charge in [0.05, 0.1) is 27.7 Å². The summed E-state index contributed by atoms with van der Waals surface area (Å²) in [5, 5.41) is 0. The van der Waals surface area contributed by atoms with Crippen molar-refractivity contribution in [2.75, 3.05) is 47.5 Å². The van der Waals surface area contributed by atoms with Gasteiger partial charge in [0.2, 0.25) is 0 Å². The van der Waals surface area contributed by atoms with Crippen LogP contribution in [0.25, 0.3) is 0 Å². The lowest BCUT2D eigenvalue weighted by Gasteiger charge is -2.24. The van der Waals surface area contributed by atoms with Crippen molar-refractivity contribution in [3.63, 3.8) is 0 Å². The number of phosphoric ester groups is 1. The first-order valence-electron chi connectivity index (χ1n) is 30.0. The molecule has 0 spiro atoms. The summed E-state index contributed by atoms with van der Waals surface area (Å²) in [5.74, 6) is -0.810. The standard InChI is InChI=1S/C64H112NO8P/c1-6-8-10-12-14-16-18-20-22-24-26-28-30-31-32-33-35-37-39-41-43-45-47-49-51-53-55-57-64(67)73-62(61-72-74(68,69)71-59-58-65(3,4)5)60-70-63(66)56-54-52-50-48-46-44-42-40-38-36-34-29-27-25-23-21-19-17-15-13-11-9-7-2/h8,10,14,16,19-22,25-28,31-32,34,36,62H,6-7,9,11-13,15,17-18,23-24,29-30,33,35,37-61H2,1-5H3/p+1/b10-8-,16-14-,21-19-,22-20-,27-25-,28-26-,32-31-,36-34-. The molecule has 0 saturated heterocycles. The molecule has 0 fully saturated rings. The minimum Gasteiger partial charge on any atom is -0.462 e. The van der Waals surface area contributed by atoms with Crippen LogP contribution in [-0.4, -0.2) is 74.9 Å². The molecular formula is C64H113NO8P+. The van der Waals surface area contributed by atoms with Crippen LogP contribution in [-0.2, 0) is 32.7 Å². The molecule has 9 nitrogen and oxygen atoms in total. The molecule has 10 heteroatoms. The largest absolute Gasteiger partial charge is 0.472 e. The van der Waals surface area contributed by atoms with E-state index in [1.54, 1.807) is 0 Å². The summed E-state index contributed by atoms with van der Waals surface area (Å²) >= 11 is 0. The minimum atomic E-state index is -4.40. The van der Waals surface area contributed by atoms with Crippen LogP contribution in [0.3, 0.4) is 0 Å². The summed E-state index contributed by atoms with van der Waals surface area (Å²) in [6.07, 6.45) is 74.7. The second-order valence-corrected chi connectivity index (χ2v) is 22.5. The lowest BCUT2D eigenvalue weighted by molar-refractivity contribution is -0.870. The van der Waals surface area contributed by atoms with Crippen molar-refractivity contribution in [1.29, 1.82) is 0 Å². The lowest BCUT2D eigenvalue weighted by atomic mass is 10.0. The van der Waals surface area contributed by atoms with Crippen molar-refractivity contribution in [1.82, 2.24) is 0 Å². The fourth-order valence-corrected chi connectivity index (χ4v) is 8.73. The average molecular weight is 1060 g/mol. The highest BCUT2D eigenvalue weighted by Gasteiger charge is 2.27. The van der Waals surface area contributed by atoms with Gasteiger partial charge in [0, 0.05) is 12.8 Å². The van der Waals surface area contributed by atoms with Crippen molar-refractivity contribution in [3.8, 4) is 0 Å². The maximum Gasteiger partial charge on any atom is 0.472 e. The van der Waals surface area contributed by atoms with Gasteiger partial charge in [-0.3, -0.25) is 18.6 Å². The number of esters is 2. The summed E-state index contributed by atoms with van der Waals surface area (Å²) in [7, 11) is 1.46. The Morgan fingerprint density at radius 3 is 1.15 bits per heavy atom. The van der Waals surface area contributed by atoms with E-state index in [0.29, 0.717) is 17.4 Å². The second kappa shape index (κ2) is 54.7. The van der Waals surface area contributed by atoms with Gasteiger partial charge in [-0.15, -0.1) is 0 Å². The molecular weight excluding hydrogens is 942 g/mol. The first-order valence-corrected chi connectivity index (χ1v) is 31.5. The van der Waals surface area contributed by atoms with E-state index >= 15 is 0 Å². The van der Waals surface area contributed by atoms with Crippen LogP contribution in [0, 0.1) is 0 Å². The Labute approximate surface area is 455 Å². The SMILES string of the molecule is CC/C=C\C/C=C\C/C=C\C/C=C\C/C=C\CCCCCCCCCCCCCC(=O)OC(COC(=O)CCCCCCCCCC/C=C\C/C=C\C/C=C\CCCCCCC)COP(=O)(O)OCC[N+](C)(C)C. The number of nitrogens with zero attached hydrogens (tertiary/aromatic N) is 1. The first kappa shape index (κ1) is 70.9. The molecule has 0 aliphatic carbocycles. The number of quaternary nitrogens is 1. The summed E-state index contributed by atoms with van der Waals surface area (Å²) in [4.78, 5) is 35.7. The number of unbranched alkanes of at least 4 members (excludes halogenated alkanes) is 24. The number of allylic oxidation sites excluding steroid dienone is 16. The zero-order valence-corrected chi connectivity index (χ0v) is 49.2. The Morgan fingerprint density at radius 2 is 0.770 bits per heavy atom. The van der Waals surface area contributed by atoms with E-state index in [9.17, 15) is 19.0 Å². The molecule has 0 saturated carbocycles. The second-order valence-electron chi connectivity index (χ2n) is 21.0. The van der Waals surface area contributed by atoms with Crippen molar-refractivity contribution in [2.45, 2.75) is 251 Å². The van der Waals surface area contributed by atoms with Crippen LogP contribution in [0.1, 0.15) is 245 Å². The van der Waals surface area contributed by atoms with Crippen molar-refractivity contribution in [3.05, 3.63) is 97.2 Å². The van der Waals surface area contributed by atoms with Gasteiger partial charge in [-0.1, -0.05) is 233 Å². The Kier molecular flexibility index (Phi) is 52.4. The topological polar surface area (TPSA) is 108 Å². The van der Waals surface area contributed by atoms with Gasteiger partial charge in [0.1, 0.15) is 19.8 Å². The van der Waals surface area contributed by atoms with Crippen LogP contribution < -0.4 is 0 Å². The molecule has 0 radical (unpaired) electrons. The Morgan fingerprint density at radius 1 is 0.432 bits per heavy atom. The summed E-state index contributed by atoms with van der Waals surface area (Å²) in [6.45, 7) is 4.30. The van der Waals surface area contributed by atoms with Crippen molar-refractivity contribution in [2.24, 2.45) is 0 Å². The van der Waals surface area contributed by atoms with Gasteiger partial charge < -0.3 is 18.9 Å². The molecule has 0 aromatic carbocycles. The predicted molar refractivity (Wildman–Crippen MR) is 316 cm³/mol. The van der Waals surface area contributed by atoms with E-state index < -0.39 is 26.5 Å². The van der Waals surface area contributed by atoms with Gasteiger partial charge in [-0.25, -0.2) is 4.57 Å². The average Bonchev–Trinajstić information content (AvgIpc) is 3.36. The smallest absolute Gasteiger partial charge is 0.462 e. The minimum absolute atomic E-state index is 0.0254. The van der Waals surface area contributed by atoms with Crippen LogP contribution in [0.4, 0.5) is 0 Å². The van der Waals surface area contributed by atoms with E-state index in [1.165, 1.54) is 109 Å². The van der Waals surface area contributed by atoms with Gasteiger partial charge in [-0.2, -0.15) is 0 Å². The Hall–Kier alpha value is -3.07. The molecule has 0 aliphatic rings. The number of ether oxygens (including phenoxy) is 2. The fraction of sp³-hybridized carbons (Fsp3) is 0.719. The maximum atomic E-state index is 12.8. The molecule has 2 atom stereocenters. The van der Waals surface area contributed by atoms with Crippen molar-refractivity contribution >= 4 is 19.8 Å². The molecule has 74 heavy (non-hydrogen) atoms. The molecule has 0 aromatic rings. The molecule has 2 unspecified atom stereocenters. The fourth-order valence-electron chi connectivity index (χ4n) is 7.99. The summed E-state index contributed by atoms with van der Waals surface area (Å²) in [5.41, 5.74) is 0. The van der Waals surface area contributed by atoms with Gasteiger partial charge in [0.15, 0.2) is 6.10 Å². The molecule has 0 aromatic heterocycles. The number of rotatable bonds is 54. The number of carbonyl (C=O) groups is 2. The highest BCUT2D eigenvalue weighted by Crippen LogP contribution is 2.43. The monoisotopic (exact) mass is 1050 g/mol. The molecule has 426 valence electrons. The number of likely N-dealkylation sites (N-methyl/N-ethyl adjacent to an activating group) is 1. The molecule has 0 aliphatic heterocycles. The van der Waals surface area contributed by atoms with Crippen molar-refractivity contribution < 1.29 is 42.1 Å². The summed E-state index contributed by atoms with van der Waals surface area (Å²) in [6, 6.07) is 0. The van der Waals surface area contributed by atoms with Gasteiger partial charge >= 0.3 is 19.8 Å². The summed E-state index contributed by atoms with van der Waals surface area (Å²) < 4.78 is 34.6. The number of phosphoric acid groups is 1. The number of hydrogen-bond donors (Lipinski definition) is 1. The third kappa shape index (κ3) is 58.2. The predicted octanol–water partition coefficient (Wildman–Crippen LogP) is 18.8. The molecule has 0 amide bonds. The Balaban J connectivity index is 4.19. The van der Waals surface area contributed by atoms with Gasteiger partial charge in [-0.05, 0) is 96.3 Å². The quantitative estimate of drug-likeness (QED) is 0.0211. The van der Waals surface area contributed by atoms with Crippen LogP contribution in [0.5, 0.6) is 0 Å². The third-order valence-electron chi connectivity index (χ3n) is 12.6. The van der Waals surface area contributed by atoms with E-state index in [1.807, 2.05) is 21.1 Å².